The van der Waals surface area contributed by atoms with Crippen LogP contribution < -0.4 is 15.2 Å². The standard InChI is InChI=1S/C24H28N2O4/c1-15(2)30-23-8-5-16(10-20(23)25)14-29-19-6-7-21-18(11-19)12-22-17(13-24(27)28)4-3-9-26(21)22/h5-8,10-12,15,17H,3-4,9,13-14,25H2,1-2H3,(H,27,28). The maximum atomic E-state index is 11.2. The summed E-state index contributed by atoms with van der Waals surface area (Å²) in [5.41, 5.74) is 9.91. The summed E-state index contributed by atoms with van der Waals surface area (Å²) in [6.45, 7) is 5.28. The van der Waals surface area contributed by atoms with Gasteiger partial charge >= 0.3 is 5.97 Å². The molecule has 30 heavy (non-hydrogen) atoms. The van der Waals surface area contributed by atoms with Crippen molar-refractivity contribution in [1.82, 2.24) is 4.57 Å². The highest BCUT2D eigenvalue weighted by atomic mass is 16.5. The van der Waals surface area contributed by atoms with Gasteiger partial charge in [-0.05, 0) is 68.7 Å². The molecule has 158 valence electrons. The first-order valence-electron chi connectivity index (χ1n) is 10.4. The van der Waals surface area contributed by atoms with E-state index in [1.54, 1.807) is 0 Å². The monoisotopic (exact) mass is 408 g/mol. The number of carboxylic acids is 1. The quantitative estimate of drug-likeness (QED) is 0.541. The molecule has 0 fully saturated rings. The second-order valence-corrected chi connectivity index (χ2v) is 8.21. The third-order valence-electron chi connectivity index (χ3n) is 5.52. The van der Waals surface area contributed by atoms with Crippen LogP contribution in [0.3, 0.4) is 0 Å². The second-order valence-electron chi connectivity index (χ2n) is 8.21. The van der Waals surface area contributed by atoms with E-state index >= 15 is 0 Å². The lowest BCUT2D eigenvalue weighted by Crippen LogP contribution is -2.17. The predicted molar refractivity (Wildman–Crippen MR) is 117 cm³/mol. The molecule has 1 aliphatic rings. The molecule has 3 aromatic rings. The van der Waals surface area contributed by atoms with E-state index in [0.717, 1.165) is 47.3 Å². The van der Waals surface area contributed by atoms with Crippen molar-refractivity contribution < 1.29 is 19.4 Å². The first-order chi connectivity index (χ1) is 14.4. The van der Waals surface area contributed by atoms with Gasteiger partial charge in [-0.15, -0.1) is 0 Å². The van der Waals surface area contributed by atoms with Crippen LogP contribution in [0.1, 0.15) is 50.3 Å². The lowest BCUT2D eigenvalue weighted by atomic mass is 9.93. The third kappa shape index (κ3) is 4.22. The molecule has 0 saturated carbocycles. The van der Waals surface area contributed by atoms with E-state index < -0.39 is 5.97 Å². The number of carbonyl (C=O) groups is 1. The van der Waals surface area contributed by atoms with Gasteiger partial charge in [0.1, 0.15) is 18.1 Å². The summed E-state index contributed by atoms with van der Waals surface area (Å²) in [7, 11) is 0. The number of nitrogens with zero attached hydrogens (tertiary/aromatic N) is 1. The first-order valence-corrected chi connectivity index (χ1v) is 10.4. The highest BCUT2D eigenvalue weighted by molar-refractivity contribution is 5.83. The normalized spacial score (nSPS) is 15.9. The van der Waals surface area contributed by atoms with Gasteiger partial charge in [0, 0.05) is 29.1 Å². The van der Waals surface area contributed by atoms with Crippen molar-refractivity contribution in [2.75, 3.05) is 5.73 Å². The van der Waals surface area contributed by atoms with Crippen molar-refractivity contribution in [1.29, 1.82) is 0 Å². The lowest BCUT2D eigenvalue weighted by molar-refractivity contribution is -0.137. The zero-order chi connectivity index (χ0) is 21.3. The summed E-state index contributed by atoms with van der Waals surface area (Å²) >= 11 is 0. The van der Waals surface area contributed by atoms with Gasteiger partial charge in [-0.1, -0.05) is 6.07 Å². The Morgan fingerprint density at radius 3 is 2.80 bits per heavy atom. The number of hydrogen-bond donors (Lipinski definition) is 2. The van der Waals surface area contributed by atoms with Gasteiger partial charge in [-0.2, -0.15) is 0 Å². The van der Waals surface area contributed by atoms with Gasteiger partial charge in [0.15, 0.2) is 0 Å². The molecule has 0 amide bonds. The minimum atomic E-state index is -0.744. The molecule has 4 rings (SSSR count). The maximum Gasteiger partial charge on any atom is 0.304 e. The fourth-order valence-corrected chi connectivity index (χ4v) is 4.22. The number of hydrogen-bond acceptors (Lipinski definition) is 4. The largest absolute Gasteiger partial charge is 0.489 e. The van der Waals surface area contributed by atoms with Crippen LogP contribution in [0.2, 0.25) is 0 Å². The van der Waals surface area contributed by atoms with E-state index in [-0.39, 0.29) is 18.4 Å². The summed E-state index contributed by atoms with van der Waals surface area (Å²) < 4.78 is 13.9. The Bertz CT molecular complexity index is 1070. The molecule has 0 saturated heterocycles. The Labute approximate surface area is 176 Å². The lowest BCUT2D eigenvalue weighted by Gasteiger charge is -2.24. The van der Waals surface area contributed by atoms with E-state index in [1.807, 2.05) is 44.2 Å². The van der Waals surface area contributed by atoms with Crippen molar-refractivity contribution >= 4 is 22.6 Å². The smallest absolute Gasteiger partial charge is 0.304 e. The number of ether oxygens (including phenoxy) is 2. The summed E-state index contributed by atoms with van der Waals surface area (Å²) in [6.07, 6.45) is 2.18. The average Bonchev–Trinajstić information content (AvgIpc) is 3.06. The minimum absolute atomic E-state index is 0.0718. The Hall–Kier alpha value is -3.15. The van der Waals surface area contributed by atoms with Crippen LogP contribution in [0.4, 0.5) is 5.69 Å². The Morgan fingerprint density at radius 1 is 1.23 bits per heavy atom. The summed E-state index contributed by atoms with van der Waals surface area (Å²) in [5.74, 6) is 0.793. The fourth-order valence-electron chi connectivity index (χ4n) is 4.22. The SMILES string of the molecule is CC(C)Oc1ccc(COc2ccc3c(c2)cc2n3CCCC2CC(=O)O)cc1N. The Kier molecular flexibility index (Phi) is 5.57. The average molecular weight is 408 g/mol. The van der Waals surface area contributed by atoms with Crippen LogP contribution >= 0.6 is 0 Å². The second kappa shape index (κ2) is 8.30. The molecule has 0 spiro atoms. The molecule has 0 radical (unpaired) electrons. The van der Waals surface area contributed by atoms with Gasteiger partial charge in [-0.25, -0.2) is 0 Å². The number of nitrogens with two attached hydrogens (primary N) is 1. The number of rotatable bonds is 7. The molecule has 0 bridgehead atoms. The van der Waals surface area contributed by atoms with Crippen molar-refractivity contribution in [3.05, 3.63) is 53.7 Å². The summed E-state index contributed by atoms with van der Waals surface area (Å²) in [6, 6.07) is 13.9. The molecular formula is C24H28N2O4. The molecule has 1 aromatic heterocycles. The van der Waals surface area contributed by atoms with Crippen molar-refractivity contribution in [3.63, 3.8) is 0 Å². The van der Waals surface area contributed by atoms with E-state index in [2.05, 4.69) is 16.7 Å². The number of anilines is 1. The molecule has 2 aromatic carbocycles. The van der Waals surface area contributed by atoms with E-state index in [9.17, 15) is 9.90 Å². The van der Waals surface area contributed by atoms with E-state index in [1.165, 1.54) is 0 Å². The molecule has 0 aliphatic carbocycles. The van der Waals surface area contributed by atoms with E-state index in [4.69, 9.17) is 15.2 Å². The van der Waals surface area contributed by atoms with Crippen molar-refractivity contribution in [2.45, 2.75) is 58.3 Å². The van der Waals surface area contributed by atoms with Gasteiger partial charge in [-0.3, -0.25) is 4.79 Å². The number of nitrogen functional groups attached to an aromatic ring is 1. The zero-order valence-corrected chi connectivity index (χ0v) is 17.4. The number of aryl methyl sites for hydroxylation is 1. The molecule has 6 nitrogen and oxygen atoms in total. The van der Waals surface area contributed by atoms with Crippen LogP contribution in [0.25, 0.3) is 10.9 Å². The summed E-state index contributed by atoms with van der Waals surface area (Å²) in [4.78, 5) is 11.2. The Morgan fingerprint density at radius 2 is 2.07 bits per heavy atom. The third-order valence-corrected chi connectivity index (χ3v) is 5.52. The first kappa shape index (κ1) is 20.1. The number of fused-ring (bicyclic) bond motifs is 3. The highest BCUT2D eigenvalue weighted by Gasteiger charge is 2.24. The predicted octanol–water partition coefficient (Wildman–Crippen LogP) is 4.94. The molecule has 2 heterocycles. The van der Waals surface area contributed by atoms with Gasteiger partial charge < -0.3 is 24.9 Å². The van der Waals surface area contributed by atoms with Crippen LogP contribution in [0, 0.1) is 0 Å². The van der Waals surface area contributed by atoms with Crippen LogP contribution in [0.15, 0.2) is 42.5 Å². The van der Waals surface area contributed by atoms with E-state index in [0.29, 0.717) is 18.0 Å². The number of benzene rings is 2. The number of aliphatic carboxylic acids is 1. The Balaban J connectivity index is 1.51. The van der Waals surface area contributed by atoms with Gasteiger partial charge in [0.25, 0.3) is 0 Å². The molecule has 1 unspecified atom stereocenters. The molecule has 1 aliphatic heterocycles. The number of aromatic nitrogens is 1. The number of carboxylic acid groups (broad SMARTS) is 1. The van der Waals surface area contributed by atoms with Gasteiger partial charge in [0.2, 0.25) is 0 Å². The highest BCUT2D eigenvalue weighted by Crippen LogP contribution is 2.36. The topological polar surface area (TPSA) is 86.7 Å². The molecule has 1 atom stereocenters. The van der Waals surface area contributed by atoms with Crippen LogP contribution in [0.5, 0.6) is 11.5 Å². The summed E-state index contributed by atoms with van der Waals surface area (Å²) in [5, 5.41) is 10.3. The molecule has 6 heteroatoms. The minimum Gasteiger partial charge on any atom is -0.489 e. The zero-order valence-electron chi connectivity index (χ0n) is 17.4. The van der Waals surface area contributed by atoms with Crippen LogP contribution in [-0.4, -0.2) is 21.7 Å². The van der Waals surface area contributed by atoms with Gasteiger partial charge in [0.05, 0.1) is 18.2 Å². The maximum absolute atomic E-state index is 11.2. The van der Waals surface area contributed by atoms with Crippen LogP contribution in [-0.2, 0) is 17.9 Å². The molecular weight excluding hydrogens is 380 g/mol. The van der Waals surface area contributed by atoms with Crippen molar-refractivity contribution in [3.8, 4) is 11.5 Å². The van der Waals surface area contributed by atoms with Crippen molar-refractivity contribution in [2.24, 2.45) is 0 Å². The molecule has 3 N–H and O–H groups in total. The fraction of sp³-hybridized carbons (Fsp3) is 0.375.